The Bertz CT molecular complexity index is 1190. The second-order valence-corrected chi connectivity index (χ2v) is 10.1. The largest absolute Gasteiger partial charge is 0.490 e. The lowest BCUT2D eigenvalue weighted by Gasteiger charge is -2.10. The van der Waals surface area contributed by atoms with E-state index in [0.717, 1.165) is 34.5 Å². The van der Waals surface area contributed by atoms with E-state index in [1.807, 2.05) is 6.92 Å². The molecular weight excluding hydrogens is 446 g/mol. The number of carbonyl (C=O) groups excluding carboxylic acids is 1. The van der Waals surface area contributed by atoms with Gasteiger partial charge in [-0.15, -0.1) is 11.3 Å². The fraction of sp³-hybridized carbons (Fsp3) is 0.435. The molecule has 0 fully saturated rings. The molecule has 0 aliphatic carbocycles. The van der Waals surface area contributed by atoms with Crippen molar-refractivity contribution in [2.75, 3.05) is 24.3 Å². The van der Waals surface area contributed by atoms with Gasteiger partial charge in [0.25, 0.3) is 5.56 Å². The minimum Gasteiger partial charge on any atom is -0.490 e. The molecule has 1 aromatic carbocycles. The predicted octanol–water partition coefficient (Wildman–Crippen LogP) is 4.77. The first kappa shape index (κ1) is 22.7. The third-order valence-corrected chi connectivity index (χ3v) is 7.38. The molecule has 3 aromatic rings. The number of thioether (sulfide) groups is 1. The normalized spacial score (nSPS) is 14.2. The Labute approximate surface area is 194 Å². The minimum atomic E-state index is -0.188. The van der Waals surface area contributed by atoms with E-state index in [-0.39, 0.29) is 17.2 Å². The lowest BCUT2D eigenvalue weighted by molar-refractivity contribution is -0.113. The van der Waals surface area contributed by atoms with Gasteiger partial charge in [-0.25, -0.2) is 4.98 Å². The van der Waals surface area contributed by atoms with Crippen molar-refractivity contribution in [3.8, 4) is 11.5 Å². The van der Waals surface area contributed by atoms with Crippen molar-refractivity contribution in [1.29, 1.82) is 0 Å². The Morgan fingerprint density at radius 2 is 2.09 bits per heavy atom. The third kappa shape index (κ3) is 5.10. The number of aromatic nitrogens is 2. The van der Waals surface area contributed by atoms with Gasteiger partial charge in [-0.2, -0.15) is 0 Å². The zero-order chi connectivity index (χ0) is 22.7. The van der Waals surface area contributed by atoms with Crippen molar-refractivity contribution in [3.63, 3.8) is 0 Å². The van der Waals surface area contributed by atoms with Gasteiger partial charge in [0.05, 0.1) is 24.4 Å². The summed E-state index contributed by atoms with van der Waals surface area (Å²) >= 11 is 2.75. The van der Waals surface area contributed by atoms with Gasteiger partial charge in [-0.05, 0) is 37.0 Å². The lowest BCUT2D eigenvalue weighted by atomic mass is 9.98. The zero-order valence-corrected chi connectivity index (χ0v) is 20.1. The molecular formula is C23H27N3O4S2. The number of amides is 1. The maximum absolute atomic E-state index is 12.8. The SMILES string of the molecule is CC[C@@H](C)Cc1c(C)sc2nc(SCC(=O)Nc3ccc4c(c3)OCCCO4)[nH]c(=O)c12. The number of ether oxygens (including phenoxy) is 2. The van der Waals surface area contributed by atoms with Crippen molar-refractivity contribution in [3.05, 3.63) is 39.0 Å². The highest BCUT2D eigenvalue weighted by Crippen LogP contribution is 2.33. The maximum atomic E-state index is 12.8. The number of rotatable bonds is 7. The first-order valence-corrected chi connectivity index (χ1v) is 12.6. The zero-order valence-electron chi connectivity index (χ0n) is 18.4. The number of nitrogens with zero attached hydrogens (tertiary/aromatic N) is 1. The van der Waals surface area contributed by atoms with Crippen LogP contribution in [-0.4, -0.2) is 34.8 Å². The van der Waals surface area contributed by atoms with E-state index in [0.29, 0.717) is 46.9 Å². The average Bonchev–Trinajstić information content (AvgIpc) is 2.93. The summed E-state index contributed by atoms with van der Waals surface area (Å²) in [4.78, 5) is 34.6. The van der Waals surface area contributed by atoms with Gasteiger partial charge in [0.2, 0.25) is 5.91 Å². The van der Waals surface area contributed by atoms with E-state index < -0.39 is 0 Å². The first-order chi connectivity index (χ1) is 15.4. The molecule has 2 N–H and O–H groups in total. The number of benzene rings is 1. The summed E-state index contributed by atoms with van der Waals surface area (Å²) in [5.74, 6) is 1.77. The summed E-state index contributed by atoms with van der Waals surface area (Å²) in [6.45, 7) is 7.59. The summed E-state index contributed by atoms with van der Waals surface area (Å²) in [5.41, 5.74) is 1.60. The van der Waals surface area contributed by atoms with Gasteiger partial charge in [-0.1, -0.05) is 32.0 Å². The molecule has 1 amide bonds. The molecule has 1 aliphatic rings. The van der Waals surface area contributed by atoms with Crippen LogP contribution in [0.3, 0.4) is 0 Å². The Hall–Kier alpha value is -2.52. The van der Waals surface area contributed by atoms with Crippen LogP contribution in [0.15, 0.2) is 28.2 Å². The predicted molar refractivity (Wildman–Crippen MR) is 130 cm³/mol. The average molecular weight is 474 g/mol. The van der Waals surface area contributed by atoms with E-state index in [4.69, 9.17) is 9.47 Å². The molecule has 9 heteroatoms. The van der Waals surface area contributed by atoms with Gasteiger partial charge >= 0.3 is 0 Å². The van der Waals surface area contributed by atoms with Crippen LogP contribution in [-0.2, 0) is 11.2 Å². The number of thiophene rings is 1. The lowest BCUT2D eigenvalue weighted by Crippen LogP contribution is -2.16. The first-order valence-electron chi connectivity index (χ1n) is 10.8. The standard InChI is InChI=1S/C23H27N3O4S2/c1-4-13(2)10-16-14(3)32-22-20(16)21(28)25-23(26-22)31-12-19(27)24-15-6-7-17-18(11-15)30-9-5-8-29-17/h6-7,11,13H,4-5,8-10,12H2,1-3H3,(H,24,27)(H,25,26,28)/t13-/m1/s1. The van der Waals surface area contributed by atoms with E-state index in [9.17, 15) is 9.59 Å². The van der Waals surface area contributed by atoms with Crippen molar-refractivity contribution < 1.29 is 14.3 Å². The highest BCUT2D eigenvalue weighted by atomic mass is 32.2. The van der Waals surface area contributed by atoms with Crippen molar-refractivity contribution >= 4 is 44.9 Å². The fourth-order valence-electron chi connectivity index (χ4n) is 3.53. The number of H-pyrrole nitrogens is 1. The van der Waals surface area contributed by atoms with Gasteiger partial charge in [0.1, 0.15) is 4.83 Å². The second kappa shape index (κ2) is 9.95. The Balaban J connectivity index is 1.43. The highest BCUT2D eigenvalue weighted by Gasteiger charge is 2.18. The maximum Gasteiger partial charge on any atom is 0.260 e. The second-order valence-electron chi connectivity index (χ2n) is 7.95. The number of hydrogen-bond acceptors (Lipinski definition) is 7. The smallest absolute Gasteiger partial charge is 0.260 e. The quantitative estimate of drug-likeness (QED) is 0.379. The van der Waals surface area contributed by atoms with Gasteiger partial charge in [0.15, 0.2) is 16.7 Å². The van der Waals surface area contributed by atoms with Crippen LogP contribution < -0.4 is 20.3 Å². The van der Waals surface area contributed by atoms with Crippen LogP contribution in [0.5, 0.6) is 11.5 Å². The van der Waals surface area contributed by atoms with Crippen LogP contribution in [0.1, 0.15) is 37.1 Å². The number of fused-ring (bicyclic) bond motifs is 2. The fourth-order valence-corrected chi connectivity index (χ4v) is 5.31. The van der Waals surface area contributed by atoms with E-state index in [1.54, 1.807) is 29.5 Å². The van der Waals surface area contributed by atoms with Gasteiger partial charge in [-0.3, -0.25) is 9.59 Å². The van der Waals surface area contributed by atoms with Crippen LogP contribution >= 0.6 is 23.1 Å². The highest BCUT2D eigenvalue weighted by molar-refractivity contribution is 7.99. The van der Waals surface area contributed by atoms with Crippen LogP contribution in [0, 0.1) is 12.8 Å². The summed E-state index contributed by atoms with van der Waals surface area (Å²) in [6.07, 6.45) is 2.76. The molecule has 0 saturated heterocycles. The van der Waals surface area contributed by atoms with E-state index >= 15 is 0 Å². The molecule has 0 radical (unpaired) electrons. The molecule has 32 heavy (non-hydrogen) atoms. The molecule has 7 nitrogen and oxygen atoms in total. The summed E-state index contributed by atoms with van der Waals surface area (Å²) < 4.78 is 11.3. The van der Waals surface area contributed by atoms with Crippen LogP contribution in [0.2, 0.25) is 0 Å². The molecule has 0 bridgehead atoms. The Morgan fingerprint density at radius 3 is 2.88 bits per heavy atom. The molecule has 1 atom stereocenters. The van der Waals surface area contributed by atoms with Crippen LogP contribution in [0.4, 0.5) is 5.69 Å². The molecule has 2 aromatic heterocycles. The van der Waals surface area contributed by atoms with Crippen molar-refractivity contribution in [2.45, 2.75) is 45.2 Å². The molecule has 0 saturated carbocycles. The number of aromatic amines is 1. The van der Waals surface area contributed by atoms with Crippen molar-refractivity contribution in [1.82, 2.24) is 9.97 Å². The monoisotopic (exact) mass is 473 g/mol. The number of aryl methyl sites for hydroxylation is 1. The molecule has 0 unspecified atom stereocenters. The third-order valence-electron chi connectivity index (χ3n) is 5.46. The number of carbonyl (C=O) groups is 1. The summed E-state index contributed by atoms with van der Waals surface area (Å²) in [7, 11) is 0. The molecule has 170 valence electrons. The topological polar surface area (TPSA) is 93.3 Å². The van der Waals surface area contributed by atoms with Gasteiger partial charge < -0.3 is 19.8 Å². The van der Waals surface area contributed by atoms with Crippen molar-refractivity contribution in [2.24, 2.45) is 5.92 Å². The Kier molecular flexibility index (Phi) is 7.05. The van der Waals surface area contributed by atoms with Gasteiger partial charge in [0, 0.05) is 23.1 Å². The number of anilines is 1. The van der Waals surface area contributed by atoms with E-state index in [1.165, 1.54) is 11.8 Å². The summed E-state index contributed by atoms with van der Waals surface area (Å²) in [6, 6.07) is 5.35. The number of hydrogen-bond donors (Lipinski definition) is 2. The molecule has 0 spiro atoms. The number of nitrogens with one attached hydrogen (secondary N) is 2. The molecule has 4 rings (SSSR count). The van der Waals surface area contributed by atoms with E-state index in [2.05, 4.69) is 29.1 Å². The Morgan fingerprint density at radius 1 is 1.31 bits per heavy atom. The minimum absolute atomic E-state index is 0.132. The molecule has 1 aliphatic heterocycles. The van der Waals surface area contributed by atoms with Crippen LogP contribution in [0.25, 0.3) is 10.2 Å². The summed E-state index contributed by atoms with van der Waals surface area (Å²) in [5, 5.41) is 4.00. The molecule has 3 heterocycles.